The Kier molecular flexibility index (Phi) is 5.23. The van der Waals surface area contributed by atoms with Gasteiger partial charge < -0.3 is 15.7 Å². The van der Waals surface area contributed by atoms with E-state index in [1.807, 2.05) is 13.0 Å². The van der Waals surface area contributed by atoms with Gasteiger partial charge in [-0.3, -0.25) is 4.79 Å². The van der Waals surface area contributed by atoms with Crippen molar-refractivity contribution in [2.24, 2.45) is 0 Å². The highest BCUT2D eigenvalue weighted by Gasteiger charge is 2.31. The average Bonchev–Trinajstić information content (AvgIpc) is 2.79. The first-order chi connectivity index (χ1) is 10.0. The number of carbonyl (C=O) groups excluding carboxylic acids is 1. The third-order valence-electron chi connectivity index (χ3n) is 4.23. The third kappa shape index (κ3) is 3.56. The number of carbonyl (C=O) groups is 1. The minimum atomic E-state index is 0.0871. The van der Waals surface area contributed by atoms with E-state index in [1.54, 1.807) is 6.07 Å². The summed E-state index contributed by atoms with van der Waals surface area (Å²) in [5.41, 5.74) is 3.53. The van der Waals surface area contributed by atoms with E-state index >= 15 is 0 Å². The molecular formula is C17H26N2O2. The summed E-state index contributed by atoms with van der Waals surface area (Å²) in [6, 6.07) is 3.90. The van der Waals surface area contributed by atoms with Crippen LogP contribution in [0.3, 0.4) is 0 Å². The number of rotatable bonds is 6. The first kappa shape index (κ1) is 15.8. The van der Waals surface area contributed by atoms with Gasteiger partial charge in [-0.15, -0.1) is 0 Å². The Bertz CT molecular complexity index is 514. The van der Waals surface area contributed by atoms with Crippen molar-refractivity contribution in [1.29, 1.82) is 0 Å². The SMILES string of the molecule is CCCNC(=O)CCNC1CC(C)c2c(C)ccc(O)c21. The van der Waals surface area contributed by atoms with Crippen molar-refractivity contribution in [2.45, 2.75) is 52.0 Å². The minimum Gasteiger partial charge on any atom is -0.508 e. The van der Waals surface area contributed by atoms with Crippen molar-refractivity contribution in [1.82, 2.24) is 10.6 Å². The molecule has 116 valence electrons. The maximum absolute atomic E-state index is 11.6. The van der Waals surface area contributed by atoms with Gasteiger partial charge in [0.1, 0.15) is 5.75 Å². The molecule has 3 N–H and O–H groups in total. The van der Waals surface area contributed by atoms with Crippen LogP contribution in [0.15, 0.2) is 12.1 Å². The first-order valence-electron chi connectivity index (χ1n) is 7.87. The molecule has 2 atom stereocenters. The lowest BCUT2D eigenvalue weighted by atomic mass is 9.97. The molecule has 0 saturated carbocycles. The van der Waals surface area contributed by atoms with Gasteiger partial charge in [0.05, 0.1) is 0 Å². The fourth-order valence-corrected chi connectivity index (χ4v) is 3.24. The second-order valence-corrected chi connectivity index (χ2v) is 5.97. The molecule has 1 aliphatic rings. The fraction of sp³-hybridized carbons (Fsp3) is 0.588. The van der Waals surface area contributed by atoms with E-state index in [2.05, 4.69) is 24.5 Å². The first-order valence-corrected chi connectivity index (χ1v) is 7.87. The van der Waals surface area contributed by atoms with E-state index < -0.39 is 0 Å². The number of phenols is 1. The highest BCUT2D eigenvalue weighted by molar-refractivity contribution is 5.76. The highest BCUT2D eigenvalue weighted by Crippen LogP contribution is 2.45. The van der Waals surface area contributed by atoms with Crippen LogP contribution in [0.4, 0.5) is 0 Å². The predicted octanol–water partition coefficient (Wildman–Crippen LogP) is 2.75. The lowest BCUT2D eigenvalue weighted by Crippen LogP contribution is -2.29. The number of phenolic OH excluding ortho intramolecular Hbond substituents is 1. The van der Waals surface area contributed by atoms with Gasteiger partial charge >= 0.3 is 0 Å². The molecule has 4 heteroatoms. The maximum Gasteiger partial charge on any atom is 0.221 e. The molecule has 2 unspecified atom stereocenters. The Labute approximate surface area is 126 Å². The number of hydrogen-bond donors (Lipinski definition) is 3. The second kappa shape index (κ2) is 6.94. The molecule has 0 saturated heterocycles. The fourth-order valence-electron chi connectivity index (χ4n) is 3.24. The van der Waals surface area contributed by atoms with Crippen molar-refractivity contribution in [3.05, 3.63) is 28.8 Å². The van der Waals surface area contributed by atoms with Crippen LogP contribution >= 0.6 is 0 Å². The molecule has 0 aromatic heterocycles. The summed E-state index contributed by atoms with van der Waals surface area (Å²) in [6.07, 6.45) is 2.41. The van der Waals surface area contributed by atoms with Crippen molar-refractivity contribution >= 4 is 5.91 Å². The largest absolute Gasteiger partial charge is 0.508 e. The Morgan fingerprint density at radius 1 is 1.33 bits per heavy atom. The summed E-state index contributed by atoms with van der Waals surface area (Å²) >= 11 is 0. The Hall–Kier alpha value is -1.55. The minimum absolute atomic E-state index is 0.0871. The molecule has 1 aromatic rings. The molecule has 0 fully saturated rings. The topological polar surface area (TPSA) is 61.4 Å². The number of benzene rings is 1. The van der Waals surface area contributed by atoms with Gasteiger partial charge in [0.15, 0.2) is 0 Å². The summed E-state index contributed by atoms with van der Waals surface area (Å²) in [5, 5.41) is 16.4. The molecule has 1 aliphatic carbocycles. The van der Waals surface area contributed by atoms with Gasteiger partial charge in [0, 0.05) is 31.1 Å². The van der Waals surface area contributed by atoms with Crippen LogP contribution in [-0.2, 0) is 4.79 Å². The normalized spacial score (nSPS) is 20.3. The van der Waals surface area contributed by atoms with E-state index in [9.17, 15) is 9.90 Å². The summed E-state index contributed by atoms with van der Waals surface area (Å²) < 4.78 is 0. The number of fused-ring (bicyclic) bond motifs is 1. The number of hydrogen-bond acceptors (Lipinski definition) is 3. The van der Waals surface area contributed by atoms with Crippen LogP contribution in [0.2, 0.25) is 0 Å². The van der Waals surface area contributed by atoms with Crippen LogP contribution in [0.1, 0.15) is 61.8 Å². The highest BCUT2D eigenvalue weighted by atomic mass is 16.3. The summed E-state index contributed by atoms with van der Waals surface area (Å²) in [7, 11) is 0. The van der Waals surface area contributed by atoms with Crippen molar-refractivity contribution in [3.8, 4) is 5.75 Å². The molecule has 0 spiro atoms. The molecule has 0 heterocycles. The summed E-state index contributed by atoms with van der Waals surface area (Å²) in [5.74, 6) is 0.899. The van der Waals surface area contributed by atoms with E-state index in [-0.39, 0.29) is 11.9 Å². The lowest BCUT2D eigenvalue weighted by molar-refractivity contribution is -0.121. The molecule has 1 amide bonds. The van der Waals surface area contributed by atoms with E-state index in [0.717, 1.165) is 24.9 Å². The molecule has 21 heavy (non-hydrogen) atoms. The van der Waals surface area contributed by atoms with Gasteiger partial charge in [0.2, 0.25) is 5.91 Å². The molecular weight excluding hydrogens is 264 g/mol. The van der Waals surface area contributed by atoms with Gasteiger partial charge in [-0.05, 0) is 42.9 Å². The van der Waals surface area contributed by atoms with Crippen molar-refractivity contribution in [3.63, 3.8) is 0 Å². The van der Waals surface area contributed by atoms with Gasteiger partial charge in [-0.1, -0.05) is 19.9 Å². The van der Waals surface area contributed by atoms with Crippen LogP contribution in [0.25, 0.3) is 0 Å². The van der Waals surface area contributed by atoms with E-state index in [4.69, 9.17) is 0 Å². The zero-order valence-corrected chi connectivity index (χ0v) is 13.2. The quantitative estimate of drug-likeness (QED) is 0.755. The number of nitrogens with one attached hydrogen (secondary N) is 2. The van der Waals surface area contributed by atoms with Gasteiger partial charge in [-0.25, -0.2) is 0 Å². The third-order valence-corrected chi connectivity index (χ3v) is 4.23. The van der Waals surface area contributed by atoms with Crippen molar-refractivity contribution < 1.29 is 9.90 Å². The predicted molar refractivity (Wildman–Crippen MR) is 84.5 cm³/mol. The van der Waals surface area contributed by atoms with Crippen LogP contribution in [0, 0.1) is 6.92 Å². The van der Waals surface area contributed by atoms with E-state index in [1.165, 1.54) is 11.1 Å². The average molecular weight is 290 g/mol. The molecule has 2 rings (SSSR count). The Balaban J connectivity index is 1.96. The van der Waals surface area contributed by atoms with E-state index in [0.29, 0.717) is 24.6 Å². The molecule has 0 bridgehead atoms. The van der Waals surface area contributed by atoms with Crippen molar-refractivity contribution in [2.75, 3.05) is 13.1 Å². The number of aromatic hydroxyl groups is 1. The smallest absolute Gasteiger partial charge is 0.221 e. The lowest BCUT2D eigenvalue weighted by Gasteiger charge is -2.15. The number of aryl methyl sites for hydroxylation is 1. The van der Waals surface area contributed by atoms with Gasteiger partial charge in [0.25, 0.3) is 0 Å². The number of amides is 1. The molecule has 0 radical (unpaired) electrons. The van der Waals surface area contributed by atoms with Crippen LogP contribution < -0.4 is 10.6 Å². The van der Waals surface area contributed by atoms with Crippen LogP contribution in [0.5, 0.6) is 5.75 Å². The monoisotopic (exact) mass is 290 g/mol. The Morgan fingerprint density at radius 3 is 2.81 bits per heavy atom. The zero-order chi connectivity index (χ0) is 15.4. The standard InChI is InChI=1S/C17H26N2O2/c1-4-8-19-15(21)7-9-18-13-10-12(3)16-11(2)5-6-14(20)17(13)16/h5-6,12-13,18,20H,4,7-10H2,1-3H3,(H,19,21). The molecule has 1 aromatic carbocycles. The van der Waals surface area contributed by atoms with Crippen LogP contribution in [-0.4, -0.2) is 24.1 Å². The zero-order valence-electron chi connectivity index (χ0n) is 13.2. The summed E-state index contributed by atoms with van der Waals surface area (Å²) in [6.45, 7) is 7.71. The Morgan fingerprint density at radius 2 is 2.10 bits per heavy atom. The second-order valence-electron chi connectivity index (χ2n) is 5.97. The maximum atomic E-state index is 11.6. The van der Waals surface area contributed by atoms with Gasteiger partial charge in [-0.2, -0.15) is 0 Å². The molecule has 4 nitrogen and oxygen atoms in total. The summed E-state index contributed by atoms with van der Waals surface area (Å²) in [4.78, 5) is 11.6. The molecule has 0 aliphatic heterocycles.